The van der Waals surface area contributed by atoms with Gasteiger partial charge in [0.1, 0.15) is 0 Å². The van der Waals surface area contributed by atoms with E-state index in [1.165, 1.54) is 0 Å². The lowest BCUT2D eigenvalue weighted by molar-refractivity contribution is 0.237. The molecule has 2 atom stereocenters. The highest BCUT2D eigenvalue weighted by atomic mass is 16.3. The Kier molecular flexibility index (Phi) is 5.29. The molecule has 2 N–H and O–H groups in total. The Balaban J connectivity index is 2.65. The van der Waals surface area contributed by atoms with Crippen molar-refractivity contribution in [3.05, 3.63) is 30.1 Å². The summed E-state index contributed by atoms with van der Waals surface area (Å²) in [6.07, 6.45) is 3.96. The molecular formula is C12H20N2O. The van der Waals surface area contributed by atoms with Crippen molar-refractivity contribution in [1.29, 1.82) is 0 Å². The van der Waals surface area contributed by atoms with E-state index in [2.05, 4.69) is 17.2 Å². The normalized spacial score (nSPS) is 14.9. The summed E-state index contributed by atoms with van der Waals surface area (Å²) in [7, 11) is 0. The molecule has 0 fully saturated rings. The Morgan fingerprint density at radius 2 is 2.27 bits per heavy atom. The van der Waals surface area contributed by atoms with E-state index in [1.54, 1.807) is 0 Å². The van der Waals surface area contributed by atoms with Crippen LogP contribution in [0.2, 0.25) is 0 Å². The molecule has 1 aromatic heterocycles. The highest BCUT2D eigenvalue weighted by Gasteiger charge is 2.13. The fourth-order valence-electron chi connectivity index (χ4n) is 1.58. The van der Waals surface area contributed by atoms with Crippen LogP contribution < -0.4 is 5.32 Å². The molecule has 0 aliphatic carbocycles. The van der Waals surface area contributed by atoms with E-state index < -0.39 is 0 Å². The van der Waals surface area contributed by atoms with E-state index in [0.29, 0.717) is 0 Å². The van der Waals surface area contributed by atoms with E-state index in [9.17, 15) is 0 Å². The molecular weight excluding hydrogens is 188 g/mol. The van der Waals surface area contributed by atoms with Gasteiger partial charge in [0.05, 0.1) is 12.3 Å². The molecule has 1 heterocycles. The van der Waals surface area contributed by atoms with Crippen molar-refractivity contribution in [2.75, 3.05) is 6.61 Å². The molecule has 0 spiro atoms. The monoisotopic (exact) mass is 208 g/mol. The number of hydrogen-bond acceptors (Lipinski definition) is 3. The molecule has 0 aromatic carbocycles. The van der Waals surface area contributed by atoms with Crippen LogP contribution in [0.15, 0.2) is 24.4 Å². The molecule has 0 saturated heterocycles. The summed E-state index contributed by atoms with van der Waals surface area (Å²) in [5, 5.41) is 12.4. The van der Waals surface area contributed by atoms with Gasteiger partial charge in [-0.3, -0.25) is 4.98 Å². The SMILES string of the molecule is CCCC(N[C@H](C)CO)c1ccccn1. The molecule has 0 amide bonds. The van der Waals surface area contributed by atoms with E-state index in [4.69, 9.17) is 5.11 Å². The van der Waals surface area contributed by atoms with Crippen molar-refractivity contribution in [3.8, 4) is 0 Å². The fraction of sp³-hybridized carbons (Fsp3) is 0.583. The number of nitrogens with zero attached hydrogens (tertiary/aromatic N) is 1. The Morgan fingerprint density at radius 1 is 1.47 bits per heavy atom. The lowest BCUT2D eigenvalue weighted by Gasteiger charge is -2.21. The molecule has 3 nitrogen and oxygen atoms in total. The number of pyridine rings is 1. The summed E-state index contributed by atoms with van der Waals surface area (Å²) in [4.78, 5) is 4.34. The number of aromatic nitrogens is 1. The first-order valence-corrected chi connectivity index (χ1v) is 5.55. The summed E-state index contributed by atoms with van der Waals surface area (Å²) >= 11 is 0. The number of nitrogens with one attached hydrogen (secondary N) is 1. The minimum Gasteiger partial charge on any atom is -0.395 e. The van der Waals surface area contributed by atoms with Crippen LogP contribution in [0.5, 0.6) is 0 Å². The van der Waals surface area contributed by atoms with Gasteiger partial charge in [-0.25, -0.2) is 0 Å². The van der Waals surface area contributed by atoms with Crippen LogP contribution >= 0.6 is 0 Å². The van der Waals surface area contributed by atoms with Crippen LogP contribution in [-0.4, -0.2) is 22.7 Å². The second-order valence-corrected chi connectivity index (χ2v) is 3.85. The Hall–Kier alpha value is -0.930. The molecule has 1 rings (SSSR count). The molecule has 3 heteroatoms. The lowest BCUT2D eigenvalue weighted by Crippen LogP contribution is -2.33. The first kappa shape index (κ1) is 12.1. The minimum absolute atomic E-state index is 0.114. The van der Waals surface area contributed by atoms with Crippen LogP contribution in [0.4, 0.5) is 0 Å². The van der Waals surface area contributed by atoms with Crippen molar-refractivity contribution in [2.24, 2.45) is 0 Å². The zero-order chi connectivity index (χ0) is 11.1. The number of hydrogen-bond donors (Lipinski definition) is 2. The molecule has 84 valence electrons. The topological polar surface area (TPSA) is 45.1 Å². The average Bonchev–Trinajstić information content (AvgIpc) is 2.29. The van der Waals surface area contributed by atoms with Crippen molar-refractivity contribution < 1.29 is 5.11 Å². The van der Waals surface area contributed by atoms with Crippen LogP contribution in [0.1, 0.15) is 38.4 Å². The number of rotatable bonds is 6. The maximum absolute atomic E-state index is 9.02. The van der Waals surface area contributed by atoms with Gasteiger partial charge < -0.3 is 10.4 Å². The van der Waals surface area contributed by atoms with Gasteiger partial charge in [-0.1, -0.05) is 19.4 Å². The summed E-state index contributed by atoms with van der Waals surface area (Å²) < 4.78 is 0. The third-order valence-electron chi connectivity index (χ3n) is 2.38. The molecule has 0 saturated carbocycles. The summed E-state index contributed by atoms with van der Waals surface area (Å²) in [6, 6.07) is 6.30. The summed E-state index contributed by atoms with van der Waals surface area (Å²) in [5.41, 5.74) is 1.06. The van der Waals surface area contributed by atoms with Gasteiger partial charge in [-0.15, -0.1) is 0 Å². The molecule has 15 heavy (non-hydrogen) atoms. The summed E-state index contributed by atoms with van der Waals surface area (Å²) in [6.45, 7) is 4.29. The van der Waals surface area contributed by atoms with Crippen LogP contribution in [0, 0.1) is 0 Å². The van der Waals surface area contributed by atoms with Crippen molar-refractivity contribution in [2.45, 2.75) is 38.8 Å². The largest absolute Gasteiger partial charge is 0.395 e. The molecule has 1 aromatic rings. The van der Waals surface area contributed by atoms with Gasteiger partial charge in [0.15, 0.2) is 0 Å². The maximum atomic E-state index is 9.02. The van der Waals surface area contributed by atoms with E-state index in [-0.39, 0.29) is 18.7 Å². The van der Waals surface area contributed by atoms with Crippen LogP contribution in [0.25, 0.3) is 0 Å². The second kappa shape index (κ2) is 6.53. The zero-order valence-electron chi connectivity index (χ0n) is 9.48. The van der Waals surface area contributed by atoms with Gasteiger partial charge in [-0.2, -0.15) is 0 Å². The predicted molar refractivity (Wildman–Crippen MR) is 61.6 cm³/mol. The van der Waals surface area contributed by atoms with E-state index in [1.807, 2.05) is 31.3 Å². The van der Waals surface area contributed by atoms with Gasteiger partial charge in [0.25, 0.3) is 0 Å². The third kappa shape index (κ3) is 3.98. The molecule has 0 aliphatic rings. The summed E-state index contributed by atoms with van der Waals surface area (Å²) in [5.74, 6) is 0. The van der Waals surface area contributed by atoms with Crippen LogP contribution in [0.3, 0.4) is 0 Å². The van der Waals surface area contributed by atoms with Crippen LogP contribution in [-0.2, 0) is 0 Å². The van der Waals surface area contributed by atoms with E-state index in [0.717, 1.165) is 18.5 Å². The number of aliphatic hydroxyl groups excluding tert-OH is 1. The Labute approximate surface area is 91.5 Å². The van der Waals surface area contributed by atoms with Crippen molar-refractivity contribution >= 4 is 0 Å². The lowest BCUT2D eigenvalue weighted by atomic mass is 10.1. The van der Waals surface area contributed by atoms with Crippen molar-refractivity contribution in [1.82, 2.24) is 10.3 Å². The van der Waals surface area contributed by atoms with Crippen molar-refractivity contribution in [3.63, 3.8) is 0 Å². The zero-order valence-corrected chi connectivity index (χ0v) is 9.48. The van der Waals surface area contributed by atoms with Gasteiger partial charge >= 0.3 is 0 Å². The van der Waals surface area contributed by atoms with Gasteiger partial charge in [0.2, 0.25) is 0 Å². The molecule has 0 aliphatic heterocycles. The Bertz CT molecular complexity index is 264. The van der Waals surface area contributed by atoms with Gasteiger partial charge in [-0.05, 0) is 25.5 Å². The molecule has 0 bridgehead atoms. The molecule has 1 unspecified atom stereocenters. The fourth-order valence-corrected chi connectivity index (χ4v) is 1.58. The predicted octanol–water partition coefficient (Wildman–Crippen LogP) is 1.89. The van der Waals surface area contributed by atoms with Gasteiger partial charge in [0, 0.05) is 18.3 Å². The Morgan fingerprint density at radius 3 is 2.80 bits per heavy atom. The first-order valence-electron chi connectivity index (χ1n) is 5.55. The van der Waals surface area contributed by atoms with E-state index >= 15 is 0 Å². The first-order chi connectivity index (χ1) is 7.27. The number of aliphatic hydroxyl groups is 1. The third-order valence-corrected chi connectivity index (χ3v) is 2.38. The standard InChI is InChI=1S/C12H20N2O/c1-3-6-12(14-10(2)9-15)11-7-4-5-8-13-11/h4-5,7-8,10,12,14-15H,3,6,9H2,1-2H3/t10-,12?/m1/s1. The highest BCUT2D eigenvalue weighted by Crippen LogP contribution is 2.16. The smallest absolute Gasteiger partial charge is 0.0582 e. The average molecular weight is 208 g/mol. The highest BCUT2D eigenvalue weighted by molar-refractivity contribution is 5.08. The second-order valence-electron chi connectivity index (χ2n) is 3.85. The minimum atomic E-state index is 0.114. The maximum Gasteiger partial charge on any atom is 0.0582 e. The molecule has 0 radical (unpaired) electrons. The quantitative estimate of drug-likeness (QED) is 0.750.